The lowest BCUT2D eigenvalue weighted by molar-refractivity contribution is 0.148. The Hall–Kier alpha value is -4.89. The summed E-state index contributed by atoms with van der Waals surface area (Å²) in [6.45, 7) is 3.21. The number of methoxy groups -OCH3 is 1. The summed E-state index contributed by atoms with van der Waals surface area (Å²) in [6.07, 6.45) is 0.0380. The summed E-state index contributed by atoms with van der Waals surface area (Å²) in [4.78, 5) is 71.4. The number of likely N-dealkylation sites (N-methyl/N-ethyl adjacent to an activating group) is 1. The van der Waals surface area contributed by atoms with E-state index in [1.807, 2.05) is 12.1 Å². The number of phenols is 1. The number of pyridine rings is 1. The number of aromatic hydroxyl groups is 1. The number of benzene rings is 1. The quantitative estimate of drug-likeness (QED) is 0.199. The molecule has 0 unspecified atom stereocenters. The molecule has 1 saturated heterocycles. The van der Waals surface area contributed by atoms with Crippen molar-refractivity contribution in [2.75, 3.05) is 40.3 Å². The molecule has 2 heterocycles. The number of hydrogen-bond donors (Lipinski definition) is 4. The number of hydrogen-bond acceptors (Lipinski definition) is 12. The van der Waals surface area contributed by atoms with Crippen molar-refractivity contribution in [3.8, 4) is 11.5 Å². The molecule has 7 rings (SSSR count). The maximum atomic E-state index is 13.7. The van der Waals surface area contributed by atoms with Gasteiger partial charge in [0.2, 0.25) is 16.3 Å². The molecule has 1 fully saturated rings. The van der Waals surface area contributed by atoms with Crippen LogP contribution >= 0.6 is 15.9 Å². The van der Waals surface area contributed by atoms with E-state index in [0.29, 0.717) is 21.1 Å². The van der Waals surface area contributed by atoms with Crippen molar-refractivity contribution in [3.05, 3.63) is 106 Å². The number of halogens is 1. The van der Waals surface area contributed by atoms with E-state index in [2.05, 4.69) is 36.2 Å². The molecule has 1 atom stereocenters. The van der Waals surface area contributed by atoms with E-state index >= 15 is 0 Å². The Morgan fingerprint density at radius 1 is 0.935 bits per heavy atom. The third-order valence-electron chi connectivity index (χ3n) is 9.32. The van der Waals surface area contributed by atoms with Crippen LogP contribution in [0.3, 0.4) is 0 Å². The summed E-state index contributed by atoms with van der Waals surface area (Å²) < 4.78 is 5.31. The Balaban J connectivity index is 1.43. The number of aromatic nitrogens is 1. The second kappa shape index (κ2) is 10.3. The molecule has 2 aromatic rings. The first-order valence-electron chi connectivity index (χ1n) is 14.4. The number of piperazine rings is 1. The van der Waals surface area contributed by atoms with E-state index in [9.17, 15) is 39.3 Å². The van der Waals surface area contributed by atoms with Gasteiger partial charge in [-0.15, -0.1) is 0 Å². The second-order valence-corrected chi connectivity index (χ2v) is 12.5. The van der Waals surface area contributed by atoms with Gasteiger partial charge in [-0.2, -0.15) is 5.11 Å². The Bertz CT molecular complexity index is 2530. The number of ether oxygens (including phenoxy) is 1. The highest BCUT2D eigenvalue weighted by molar-refractivity contribution is 9.10. The molecular weight excluding hydrogens is 666 g/mol. The Morgan fingerprint density at radius 2 is 1.59 bits per heavy atom. The van der Waals surface area contributed by atoms with Crippen LogP contribution in [0.4, 0.5) is 0 Å². The molecule has 236 valence electrons. The summed E-state index contributed by atoms with van der Waals surface area (Å²) >= 11 is 3.54. The van der Waals surface area contributed by atoms with Crippen molar-refractivity contribution >= 4 is 38.2 Å². The van der Waals surface area contributed by atoms with Crippen molar-refractivity contribution in [2.45, 2.75) is 24.8 Å². The third kappa shape index (κ3) is 3.87. The maximum Gasteiger partial charge on any atom is 0.259 e. The fourth-order valence-electron chi connectivity index (χ4n) is 7.01. The molecule has 1 aromatic heterocycles. The van der Waals surface area contributed by atoms with Crippen LogP contribution in [-0.4, -0.2) is 70.5 Å². The monoisotopic (exact) mass is 691 g/mol. The number of aliphatic hydroxyl groups excluding tert-OH is 2. The normalized spacial score (nSPS) is 19.7. The zero-order valence-corrected chi connectivity index (χ0v) is 26.1. The Labute approximate surface area is 265 Å². The first-order chi connectivity index (χ1) is 21.9. The van der Waals surface area contributed by atoms with Gasteiger partial charge in [0.05, 0.1) is 46.5 Å². The lowest BCUT2D eigenvalue weighted by Crippen LogP contribution is -2.51. The molecule has 1 aromatic carbocycles. The molecular formula is C31H26BrN5O9. The first-order valence-corrected chi connectivity index (χ1v) is 15.2. The average molecular weight is 692 g/mol. The number of rotatable bonds is 4. The summed E-state index contributed by atoms with van der Waals surface area (Å²) in [6, 6.07) is 2.43. The van der Waals surface area contributed by atoms with Crippen LogP contribution < -0.4 is 42.4 Å². The van der Waals surface area contributed by atoms with E-state index in [1.54, 1.807) is 6.07 Å². The summed E-state index contributed by atoms with van der Waals surface area (Å²) in [5.74, 6) is -2.54. The molecule has 46 heavy (non-hydrogen) atoms. The molecule has 1 aliphatic heterocycles. The molecule has 0 amide bonds. The Kier molecular flexibility index (Phi) is 6.68. The summed E-state index contributed by atoms with van der Waals surface area (Å²) in [7, 11) is 3.15. The van der Waals surface area contributed by atoms with E-state index in [1.165, 1.54) is 0 Å². The minimum absolute atomic E-state index is 0.0600. The van der Waals surface area contributed by atoms with Gasteiger partial charge in [-0.25, -0.2) is 0 Å². The maximum absolute atomic E-state index is 13.7. The molecule has 0 radical (unpaired) electrons. The topological polar surface area (TPSA) is 202 Å². The fraction of sp³-hybridized carbons (Fsp3) is 0.323. The van der Waals surface area contributed by atoms with Crippen LogP contribution in [0.1, 0.15) is 23.2 Å². The predicted molar refractivity (Wildman–Crippen MR) is 169 cm³/mol. The molecule has 5 aliphatic rings. The number of H-pyrrole nitrogens is 1. The molecule has 15 heteroatoms. The Morgan fingerprint density at radius 3 is 2.24 bits per heavy atom. The van der Waals surface area contributed by atoms with Crippen LogP contribution in [0, 0.1) is 10.4 Å². The highest BCUT2D eigenvalue weighted by atomic mass is 79.9. The highest BCUT2D eigenvalue weighted by Gasteiger charge is 2.53. The van der Waals surface area contributed by atoms with Crippen LogP contribution in [-0.2, 0) is 18.4 Å². The predicted octanol–water partition coefficient (Wildman–Crippen LogP) is -0.609. The zero-order chi connectivity index (χ0) is 32.8. The second-order valence-electron chi connectivity index (χ2n) is 11.7. The fourth-order valence-corrected chi connectivity index (χ4v) is 7.72. The van der Waals surface area contributed by atoms with Gasteiger partial charge in [-0.3, -0.25) is 29.0 Å². The van der Waals surface area contributed by atoms with E-state index < -0.39 is 76.6 Å². The minimum atomic E-state index is -1.99. The number of nitrogens with zero attached hydrogens (tertiary/aromatic N) is 4. The van der Waals surface area contributed by atoms with Gasteiger partial charge in [0.15, 0.2) is 11.2 Å². The average Bonchev–Trinajstić information content (AvgIpc) is 3.54. The van der Waals surface area contributed by atoms with Crippen molar-refractivity contribution in [2.24, 2.45) is 10.3 Å². The molecule has 1 spiro atoms. The van der Waals surface area contributed by atoms with Gasteiger partial charge in [0.1, 0.15) is 29.2 Å². The van der Waals surface area contributed by atoms with Crippen molar-refractivity contribution in [3.63, 3.8) is 0 Å². The van der Waals surface area contributed by atoms with Gasteiger partial charge in [0, 0.05) is 40.3 Å². The summed E-state index contributed by atoms with van der Waals surface area (Å²) in [5, 5.41) is 42.7. The van der Waals surface area contributed by atoms with Crippen LogP contribution in [0.15, 0.2) is 50.9 Å². The van der Waals surface area contributed by atoms with Crippen molar-refractivity contribution in [1.82, 2.24) is 14.9 Å². The van der Waals surface area contributed by atoms with Crippen LogP contribution in [0.2, 0.25) is 0 Å². The zero-order valence-electron chi connectivity index (χ0n) is 24.6. The van der Waals surface area contributed by atoms with E-state index in [-0.39, 0.29) is 30.3 Å². The van der Waals surface area contributed by atoms with Gasteiger partial charge in [-0.05, 0) is 47.4 Å². The lowest BCUT2D eigenvalue weighted by Gasteiger charge is -2.29. The van der Waals surface area contributed by atoms with Crippen molar-refractivity contribution in [1.29, 1.82) is 0 Å². The van der Waals surface area contributed by atoms with Crippen molar-refractivity contribution < 1.29 is 20.1 Å². The SMILES string of the molecule is COc1cc(=O)c2c(=O)c3c(c(=O)c=2c1=O)=C(O)[C@]1(CCc2c1c(O)c1c(=O)[nH]c(CN=NN4CCN(C)CC4)cc1c2Br)C=3O. The van der Waals surface area contributed by atoms with Gasteiger partial charge >= 0.3 is 0 Å². The van der Waals surface area contributed by atoms with E-state index in [4.69, 9.17) is 4.74 Å². The smallest absolute Gasteiger partial charge is 0.259 e. The number of aromatic amines is 1. The molecule has 0 saturated carbocycles. The lowest BCUT2D eigenvalue weighted by atomic mass is 9.78. The highest BCUT2D eigenvalue weighted by Crippen LogP contribution is 2.56. The number of phenolic OH excluding ortho intramolecular Hbond substituents is 1. The molecule has 4 aliphatic carbocycles. The van der Waals surface area contributed by atoms with E-state index in [0.717, 1.165) is 39.4 Å². The van der Waals surface area contributed by atoms with Gasteiger partial charge in [-0.1, -0.05) is 5.22 Å². The van der Waals surface area contributed by atoms with Gasteiger partial charge in [0.25, 0.3) is 5.56 Å². The third-order valence-corrected chi connectivity index (χ3v) is 10.2. The molecule has 4 N–H and O–H groups in total. The largest absolute Gasteiger partial charge is 0.510 e. The summed E-state index contributed by atoms with van der Waals surface area (Å²) in [5.41, 5.74) is -6.12. The number of aliphatic hydroxyl groups is 2. The standard InChI is InChI=1S/C31H26BrN5O9/c1-36-5-7-37(8-6-36)35-33-11-12-9-14-17(30(45)34-12)27(42)22-13(23(14)32)3-4-31(22)28(43)20-21(29(31)44)26(41)19-18(25(20)40)15(38)10-16(46-2)24(19)39/h9-10,42-44H,3-8,11H2,1-2H3,(H,34,45)/t31-/m0/s1. The molecule has 14 nitrogen and oxygen atoms in total. The van der Waals surface area contributed by atoms with Crippen LogP contribution in [0.25, 0.3) is 22.3 Å². The number of fused-ring (bicyclic) bond motifs is 4. The number of nitrogens with one attached hydrogen (secondary N) is 1. The van der Waals surface area contributed by atoms with Crippen LogP contribution in [0.5, 0.6) is 11.5 Å². The first kappa shape index (κ1) is 29.8. The van der Waals surface area contributed by atoms with Gasteiger partial charge < -0.3 is 29.9 Å². The minimum Gasteiger partial charge on any atom is -0.510 e. The molecule has 0 bridgehead atoms.